The Balaban J connectivity index is 4.18. The Labute approximate surface area is 106 Å². The summed E-state index contributed by atoms with van der Waals surface area (Å²) in [6, 6.07) is 0.872. The van der Waals surface area contributed by atoms with Crippen LogP contribution >= 0.6 is 0 Å². The number of allylic oxidation sites excluding steroid dienone is 1. The normalized spacial score (nSPS) is 12.5. The lowest BCUT2D eigenvalue weighted by Gasteiger charge is -2.28. The zero-order valence-corrected chi connectivity index (χ0v) is 12.4. The second kappa shape index (κ2) is 10.9. The van der Waals surface area contributed by atoms with Crippen LogP contribution in [0.4, 0.5) is 0 Å². The van der Waals surface area contributed by atoms with Gasteiger partial charge in [-0.1, -0.05) is 12.2 Å². The van der Waals surface area contributed by atoms with Gasteiger partial charge in [0, 0.05) is 32.4 Å². The van der Waals surface area contributed by atoms with Crippen LogP contribution in [0.3, 0.4) is 0 Å². The van der Waals surface area contributed by atoms with E-state index in [4.69, 9.17) is 19.0 Å². The minimum atomic E-state index is -2.42. The Morgan fingerprint density at radius 1 is 0.941 bits per heavy atom. The summed E-state index contributed by atoms with van der Waals surface area (Å²) >= 11 is 0. The molecular weight excluding hydrogens is 234 g/mol. The molecule has 0 aliphatic carbocycles. The molecule has 0 aliphatic rings. The van der Waals surface area contributed by atoms with E-state index in [9.17, 15) is 0 Å². The Bertz CT molecular complexity index is 183. The summed E-state index contributed by atoms with van der Waals surface area (Å²) < 4.78 is 17.3. The van der Waals surface area contributed by atoms with Crippen molar-refractivity contribution in [3.63, 3.8) is 0 Å². The topological polar surface area (TPSA) is 53.7 Å². The second-order valence-corrected chi connectivity index (χ2v) is 6.31. The van der Waals surface area contributed by atoms with Crippen molar-refractivity contribution < 1.29 is 13.3 Å². The molecule has 0 bridgehead atoms. The van der Waals surface area contributed by atoms with Crippen LogP contribution in [-0.2, 0) is 13.3 Å². The van der Waals surface area contributed by atoms with Crippen LogP contribution in [0, 0.1) is 0 Å². The zero-order chi connectivity index (χ0) is 13.0. The Morgan fingerprint density at radius 3 is 1.88 bits per heavy atom. The highest BCUT2D eigenvalue weighted by Crippen LogP contribution is 2.19. The van der Waals surface area contributed by atoms with Crippen LogP contribution in [0.5, 0.6) is 0 Å². The highest BCUT2D eigenvalue weighted by molar-refractivity contribution is 6.60. The lowest BCUT2D eigenvalue weighted by atomic mass is 10.3. The van der Waals surface area contributed by atoms with E-state index in [1.165, 1.54) is 0 Å². The molecule has 0 saturated carbocycles. The van der Waals surface area contributed by atoms with Gasteiger partial charge in [0.15, 0.2) is 0 Å². The highest BCUT2D eigenvalue weighted by atomic mass is 28.4. The summed E-state index contributed by atoms with van der Waals surface area (Å²) in [4.78, 5) is 0. The van der Waals surface area contributed by atoms with Crippen LogP contribution in [0.1, 0.15) is 33.6 Å². The molecule has 0 spiro atoms. The maximum atomic E-state index is 5.76. The molecule has 0 atom stereocenters. The molecule has 5 heteroatoms. The Hall–Kier alpha value is -0.203. The van der Waals surface area contributed by atoms with E-state index in [0.717, 1.165) is 18.9 Å². The average molecular weight is 261 g/mol. The molecule has 0 aromatic carbocycles. The fourth-order valence-electron chi connectivity index (χ4n) is 1.65. The van der Waals surface area contributed by atoms with Gasteiger partial charge < -0.3 is 19.0 Å². The van der Waals surface area contributed by atoms with Crippen LogP contribution in [0.15, 0.2) is 12.2 Å². The monoisotopic (exact) mass is 261 g/mol. The lowest BCUT2D eigenvalue weighted by molar-refractivity contribution is 0.0709. The maximum Gasteiger partial charge on any atom is 0.500 e. The molecule has 0 radical (unpaired) electrons. The molecule has 4 nitrogen and oxygen atoms in total. The van der Waals surface area contributed by atoms with Crippen molar-refractivity contribution in [2.75, 3.05) is 26.4 Å². The van der Waals surface area contributed by atoms with E-state index in [0.29, 0.717) is 26.4 Å². The van der Waals surface area contributed by atoms with Gasteiger partial charge in [0.1, 0.15) is 0 Å². The molecule has 0 aromatic heterocycles. The molecule has 0 aliphatic heterocycles. The van der Waals surface area contributed by atoms with Crippen LogP contribution in [0.2, 0.25) is 6.04 Å². The predicted octanol–water partition coefficient (Wildman–Crippen LogP) is 2.33. The lowest BCUT2D eigenvalue weighted by Crippen LogP contribution is -2.45. The third kappa shape index (κ3) is 7.67. The summed E-state index contributed by atoms with van der Waals surface area (Å²) in [5.74, 6) is 0. The first-order chi connectivity index (χ1) is 8.24. The molecule has 2 N–H and O–H groups in total. The molecule has 0 heterocycles. The fraction of sp³-hybridized carbons (Fsp3) is 0.833. The first-order valence-corrected chi connectivity index (χ1v) is 8.44. The van der Waals surface area contributed by atoms with Gasteiger partial charge in [0.05, 0.1) is 0 Å². The predicted molar refractivity (Wildman–Crippen MR) is 72.9 cm³/mol. The molecule has 0 amide bonds. The summed E-state index contributed by atoms with van der Waals surface area (Å²) in [5.41, 5.74) is 5.39. The number of unbranched alkanes of at least 4 members (excludes halogenated alkanes) is 1. The molecule has 0 rings (SSSR count). The highest BCUT2D eigenvalue weighted by Gasteiger charge is 2.39. The second-order valence-electron chi connectivity index (χ2n) is 3.58. The van der Waals surface area contributed by atoms with Crippen molar-refractivity contribution in [1.82, 2.24) is 0 Å². The molecular formula is C12H27NO3Si. The smallest absolute Gasteiger partial charge is 0.374 e. The van der Waals surface area contributed by atoms with Crippen molar-refractivity contribution in [3.8, 4) is 0 Å². The quantitative estimate of drug-likeness (QED) is 0.352. The van der Waals surface area contributed by atoms with Gasteiger partial charge in [-0.2, -0.15) is 0 Å². The third-order valence-electron chi connectivity index (χ3n) is 2.25. The van der Waals surface area contributed by atoms with Crippen molar-refractivity contribution in [2.24, 2.45) is 5.73 Å². The number of hydrogen-bond acceptors (Lipinski definition) is 4. The standard InChI is InChI=1S/C12H27NO3Si/c1-4-14-17(15-5-2,16-6-3)12-10-8-7-9-11-13/h7,9H,4-6,8,10-13H2,1-3H3. The van der Waals surface area contributed by atoms with E-state index in [-0.39, 0.29) is 0 Å². The summed E-state index contributed by atoms with van der Waals surface area (Å²) in [6.45, 7) is 8.47. The molecule has 0 fully saturated rings. The van der Waals surface area contributed by atoms with Crippen molar-refractivity contribution in [2.45, 2.75) is 39.7 Å². The van der Waals surface area contributed by atoms with Crippen LogP contribution in [0.25, 0.3) is 0 Å². The van der Waals surface area contributed by atoms with E-state index >= 15 is 0 Å². The van der Waals surface area contributed by atoms with E-state index in [2.05, 4.69) is 6.08 Å². The van der Waals surface area contributed by atoms with Gasteiger partial charge in [-0.15, -0.1) is 0 Å². The summed E-state index contributed by atoms with van der Waals surface area (Å²) in [6.07, 6.45) is 6.09. The van der Waals surface area contributed by atoms with E-state index in [1.54, 1.807) is 0 Å². The minimum absolute atomic E-state index is 0.602. The zero-order valence-electron chi connectivity index (χ0n) is 11.4. The Kier molecular flexibility index (Phi) is 10.8. The van der Waals surface area contributed by atoms with Gasteiger partial charge in [-0.3, -0.25) is 0 Å². The molecule has 0 saturated heterocycles. The van der Waals surface area contributed by atoms with Crippen molar-refractivity contribution >= 4 is 8.80 Å². The maximum absolute atomic E-state index is 5.76. The van der Waals surface area contributed by atoms with Gasteiger partial charge in [-0.25, -0.2) is 0 Å². The van der Waals surface area contributed by atoms with E-state index < -0.39 is 8.80 Å². The van der Waals surface area contributed by atoms with Crippen LogP contribution in [-0.4, -0.2) is 35.2 Å². The number of nitrogens with two attached hydrogens (primary N) is 1. The minimum Gasteiger partial charge on any atom is -0.374 e. The molecule has 0 unspecified atom stereocenters. The first-order valence-electron chi connectivity index (χ1n) is 6.51. The number of hydrogen-bond donors (Lipinski definition) is 1. The molecule has 0 aromatic rings. The van der Waals surface area contributed by atoms with Crippen molar-refractivity contribution in [1.29, 1.82) is 0 Å². The Morgan fingerprint density at radius 2 is 1.47 bits per heavy atom. The molecule has 102 valence electrons. The first kappa shape index (κ1) is 16.8. The number of rotatable bonds is 11. The summed E-state index contributed by atoms with van der Waals surface area (Å²) in [7, 11) is -2.42. The van der Waals surface area contributed by atoms with Gasteiger partial charge >= 0.3 is 8.80 Å². The largest absolute Gasteiger partial charge is 0.500 e. The van der Waals surface area contributed by atoms with Crippen LogP contribution < -0.4 is 5.73 Å². The third-order valence-corrected chi connectivity index (χ3v) is 5.40. The average Bonchev–Trinajstić information content (AvgIpc) is 2.30. The van der Waals surface area contributed by atoms with Gasteiger partial charge in [0.2, 0.25) is 0 Å². The SMILES string of the molecule is CCO[Si](CCCC=CCN)(OCC)OCC. The van der Waals surface area contributed by atoms with Gasteiger partial charge in [-0.05, 0) is 33.6 Å². The van der Waals surface area contributed by atoms with Crippen molar-refractivity contribution in [3.05, 3.63) is 12.2 Å². The van der Waals surface area contributed by atoms with E-state index in [1.807, 2.05) is 26.8 Å². The summed E-state index contributed by atoms with van der Waals surface area (Å²) in [5, 5.41) is 0. The van der Waals surface area contributed by atoms with Gasteiger partial charge in [0.25, 0.3) is 0 Å². The fourth-order valence-corrected chi connectivity index (χ4v) is 4.29. The molecule has 17 heavy (non-hydrogen) atoms.